The van der Waals surface area contributed by atoms with Gasteiger partial charge in [-0.2, -0.15) is 0 Å². The van der Waals surface area contributed by atoms with Crippen LogP contribution in [0.25, 0.3) is 0 Å². The molecule has 0 bridgehead atoms. The highest BCUT2D eigenvalue weighted by atomic mass is 16.2. The topological polar surface area (TPSA) is 55.1 Å². The van der Waals surface area contributed by atoms with Crippen molar-refractivity contribution in [1.29, 1.82) is 0 Å². The number of hydrogen-bond acceptors (Lipinski definition) is 2. The largest absolute Gasteiger partial charge is 0.355 e. The number of carbonyl (C=O) groups is 1. The van der Waals surface area contributed by atoms with Crippen LogP contribution < -0.4 is 11.1 Å². The Kier molecular flexibility index (Phi) is 4.22. The third-order valence-electron chi connectivity index (χ3n) is 2.49. The van der Waals surface area contributed by atoms with E-state index >= 15 is 0 Å². The molecule has 1 atom stereocenters. The Labute approximate surface area is 80.1 Å². The third-order valence-corrected chi connectivity index (χ3v) is 2.49. The minimum atomic E-state index is -0.302. The van der Waals surface area contributed by atoms with E-state index in [0.29, 0.717) is 0 Å². The Hall–Kier alpha value is -0.570. The highest BCUT2D eigenvalue weighted by Crippen LogP contribution is 2.31. The van der Waals surface area contributed by atoms with Crippen LogP contribution in [0.5, 0.6) is 0 Å². The molecule has 0 aliphatic heterocycles. The summed E-state index contributed by atoms with van der Waals surface area (Å²) in [5, 5.41) is 2.87. The second-order valence-corrected chi connectivity index (χ2v) is 3.92. The molecule has 0 aromatic carbocycles. The third kappa shape index (κ3) is 4.27. The van der Waals surface area contributed by atoms with Gasteiger partial charge < -0.3 is 11.1 Å². The number of nitrogens with two attached hydrogens (primary N) is 1. The molecule has 1 aliphatic carbocycles. The smallest absolute Gasteiger partial charge is 0.236 e. The van der Waals surface area contributed by atoms with Crippen LogP contribution in [0.1, 0.15) is 39.0 Å². The van der Waals surface area contributed by atoms with Crippen molar-refractivity contribution in [3.05, 3.63) is 0 Å². The summed E-state index contributed by atoms with van der Waals surface area (Å²) in [6, 6.07) is -0.302. The van der Waals surface area contributed by atoms with E-state index in [0.717, 1.165) is 31.7 Å². The molecule has 1 rings (SSSR count). The predicted molar refractivity (Wildman–Crippen MR) is 53.2 cm³/mol. The van der Waals surface area contributed by atoms with E-state index in [1.165, 1.54) is 12.8 Å². The van der Waals surface area contributed by atoms with Gasteiger partial charge in [-0.05, 0) is 18.8 Å². The van der Waals surface area contributed by atoms with Crippen molar-refractivity contribution in [1.82, 2.24) is 5.32 Å². The number of nitrogens with one attached hydrogen (secondary N) is 1. The molecule has 0 heterocycles. The molecule has 0 aromatic rings. The van der Waals surface area contributed by atoms with Crippen molar-refractivity contribution in [2.75, 3.05) is 6.54 Å². The van der Waals surface area contributed by atoms with Crippen LogP contribution in [0.15, 0.2) is 0 Å². The van der Waals surface area contributed by atoms with E-state index in [1.54, 1.807) is 0 Å². The normalized spacial score (nSPS) is 18.3. The first kappa shape index (κ1) is 10.5. The Morgan fingerprint density at radius 1 is 1.62 bits per heavy atom. The Bertz CT molecular complexity index is 166. The zero-order valence-corrected chi connectivity index (χ0v) is 8.38. The van der Waals surface area contributed by atoms with E-state index in [4.69, 9.17) is 5.73 Å². The van der Waals surface area contributed by atoms with Crippen LogP contribution in [-0.2, 0) is 4.79 Å². The predicted octanol–water partition coefficient (Wildman–Crippen LogP) is 1.03. The summed E-state index contributed by atoms with van der Waals surface area (Å²) >= 11 is 0. The van der Waals surface area contributed by atoms with Crippen LogP contribution in [0.2, 0.25) is 0 Å². The molecule has 1 amide bonds. The van der Waals surface area contributed by atoms with Gasteiger partial charge in [-0.3, -0.25) is 4.79 Å². The molecule has 0 saturated heterocycles. The fourth-order valence-electron chi connectivity index (χ4n) is 1.38. The molecule has 3 heteroatoms. The van der Waals surface area contributed by atoms with Gasteiger partial charge >= 0.3 is 0 Å². The summed E-state index contributed by atoms with van der Waals surface area (Å²) in [5.74, 6) is 0.894. The monoisotopic (exact) mass is 184 g/mol. The fourth-order valence-corrected chi connectivity index (χ4v) is 1.38. The molecule has 0 aromatic heterocycles. The van der Waals surface area contributed by atoms with Gasteiger partial charge in [0.15, 0.2) is 0 Å². The summed E-state index contributed by atoms with van der Waals surface area (Å²) in [5.41, 5.74) is 5.65. The Morgan fingerprint density at radius 3 is 2.85 bits per heavy atom. The lowest BCUT2D eigenvalue weighted by Gasteiger charge is -2.10. The minimum absolute atomic E-state index is 0.0162. The first-order chi connectivity index (χ1) is 6.24. The lowest BCUT2D eigenvalue weighted by molar-refractivity contribution is -0.122. The van der Waals surface area contributed by atoms with Crippen molar-refractivity contribution in [2.24, 2.45) is 11.7 Å². The molecule has 13 heavy (non-hydrogen) atoms. The maximum absolute atomic E-state index is 11.3. The molecule has 0 unspecified atom stereocenters. The SMILES string of the molecule is CCC[C@@H](N)C(=O)NCCC1CC1. The van der Waals surface area contributed by atoms with E-state index < -0.39 is 0 Å². The minimum Gasteiger partial charge on any atom is -0.355 e. The maximum atomic E-state index is 11.3. The summed E-state index contributed by atoms with van der Waals surface area (Å²) in [7, 11) is 0. The molecular formula is C10H20N2O. The van der Waals surface area contributed by atoms with Crippen LogP contribution in [-0.4, -0.2) is 18.5 Å². The molecule has 3 N–H and O–H groups in total. The second-order valence-electron chi connectivity index (χ2n) is 3.92. The van der Waals surface area contributed by atoms with Crippen molar-refractivity contribution >= 4 is 5.91 Å². The highest BCUT2D eigenvalue weighted by Gasteiger charge is 2.21. The van der Waals surface area contributed by atoms with Crippen molar-refractivity contribution in [3.8, 4) is 0 Å². The molecule has 1 aliphatic rings. The Morgan fingerprint density at radius 2 is 2.31 bits per heavy atom. The van der Waals surface area contributed by atoms with Gasteiger partial charge in [-0.15, -0.1) is 0 Å². The zero-order valence-electron chi connectivity index (χ0n) is 8.38. The first-order valence-electron chi connectivity index (χ1n) is 5.27. The van der Waals surface area contributed by atoms with Gasteiger partial charge in [0.05, 0.1) is 6.04 Å². The molecule has 1 saturated carbocycles. The van der Waals surface area contributed by atoms with E-state index in [-0.39, 0.29) is 11.9 Å². The van der Waals surface area contributed by atoms with Gasteiger partial charge in [0.2, 0.25) is 5.91 Å². The number of hydrogen-bond donors (Lipinski definition) is 2. The average Bonchev–Trinajstić information content (AvgIpc) is 2.88. The van der Waals surface area contributed by atoms with E-state index in [1.807, 2.05) is 6.92 Å². The number of rotatable bonds is 6. The van der Waals surface area contributed by atoms with E-state index in [2.05, 4.69) is 5.32 Å². The van der Waals surface area contributed by atoms with Crippen molar-refractivity contribution in [2.45, 2.75) is 45.1 Å². The second kappa shape index (κ2) is 5.22. The lowest BCUT2D eigenvalue weighted by atomic mass is 10.1. The quantitative estimate of drug-likeness (QED) is 0.648. The average molecular weight is 184 g/mol. The van der Waals surface area contributed by atoms with Gasteiger partial charge in [0.1, 0.15) is 0 Å². The maximum Gasteiger partial charge on any atom is 0.236 e. The zero-order chi connectivity index (χ0) is 9.68. The lowest BCUT2D eigenvalue weighted by Crippen LogP contribution is -2.40. The first-order valence-corrected chi connectivity index (χ1v) is 5.27. The molecule has 1 fully saturated rings. The van der Waals surface area contributed by atoms with Gasteiger partial charge in [-0.1, -0.05) is 26.2 Å². The summed E-state index contributed by atoms with van der Waals surface area (Å²) in [4.78, 5) is 11.3. The molecule has 76 valence electrons. The molecule has 0 spiro atoms. The summed E-state index contributed by atoms with van der Waals surface area (Å²) in [6.07, 6.45) is 5.57. The van der Waals surface area contributed by atoms with Gasteiger partial charge in [0, 0.05) is 6.54 Å². The Balaban J connectivity index is 2.01. The van der Waals surface area contributed by atoms with Gasteiger partial charge in [-0.25, -0.2) is 0 Å². The highest BCUT2D eigenvalue weighted by molar-refractivity contribution is 5.81. The molecule has 0 radical (unpaired) electrons. The van der Waals surface area contributed by atoms with Crippen LogP contribution in [0, 0.1) is 5.92 Å². The van der Waals surface area contributed by atoms with Gasteiger partial charge in [0.25, 0.3) is 0 Å². The fraction of sp³-hybridized carbons (Fsp3) is 0.900. The standard InChI is InChI=1S/C10H20N2O/c1-2-3-9(11)10(13)12-7-6-8-4-5-8/h8-9H,2-7,11H2,1H3,(H,12,13)/t9-/m1/s1. The van der Waals surface area contributed by atoms with Crippen molar-refractivity contribution in [3.63, 3.8) is 0 Å². The molecular weight excluding hydrogens is 164 g/mol. The summed E-state index contributed by atoms with van der Waals surface area (Å²) in [6.45, 7) is 2.85. The number of carbonyl (C=O) groups excluding carboxylic acids is 1. The van der Waals surface area contributed by atoms with Crippen LogP contribution >= 0.6 is 0 Å². The van der Waals surface area contributed by atoms with E-state index in [9.17, 15) is 4.79 Å². The van der Waals surface area contributed by atoms with Crippen LogP contribution in [0.3, 0.4) is 0 Å². The summed E-state index contributed by atoms with van der Waals surface area (Å²) < 4.78 is 0. The number of amides is 1. The molecule has 3 nitrogen and oxygen atoms in total. The van der Waals surface area contributed by atoms with Crippen LogP contribution in [0.4, 0.5) is 0 Å². The van der Waals surface area contributed by atoms with Crippen molar-refractivity contribution < 1.29 is 4.79 Å².